The number of benzene rings is 2. The first-order valence-electron chi connectivity index (χ1n) is 5.14. The smallest absolute Gasteiger partial charge is 0.261 e. The van der Waals surface area contributed by atoms with Gasteiger partial charge in [0.15, 0.2) is 0 Å². The number of rotatable bonds is 3. The van der Waals surface area contributed by atoms with Crippen LogP contribution in [0.1, 0.15) is 5.56 Å². The van der Waals surface area contributed by atoms with Gasteiger partial charge in [0, 0.05) is 5.69 Å². The Morgan fingerprint density at radius 2 is 1.82 bits per heavy atom. The minimum atomic E-state index is -3.51. The standard InChI is InChI=1S/C13H12NO2S/c1-11-6-5-9-13(10-11)17(15,16)14-12-7-3-2-4-8-12/h2-5,7-10,14H,1H3. The molecule has 0 fully saturated rings. The van der Waals surface area contributed by atoms with Crippen molar-refractivity contribution in [3.63, 3.8) is 0 Å². The lowest BCUT2D eigenvalue weighted by atomic mass is 10.2. The predicted octanol–water partition coefficient (Wildman–Crippen LogP) is 2.60. The summed E-state index contributed by atoms with van der Waals surface area (Å²) in [7, 11) is -3.51. The molecule has 1 N–H and O–H groups in total. The molecule has 0 bridgehead atoms. The maximum atomic E-state index is 12.0. The highest BCUT2D eigenvalue weighted by molar-refractivity contribution is 7.92. The molecule has 0 saturated heterocycles. The first-order valence-corrected chi connectivity index (χ1v) is 6.62. The van der Waals surface area contributed by atoms with E-state index in [9.17, 15) is 8.42 Å². The van der Waals surface area contributed by atoms with Crippen LogP contribution in [-0.4, -0.2) is 8.42 Å². The van der Waals surface area contributed by atoms with Crippen LogP contribution in [0.15, 0.2) is 53.4 Å². The number of anilines is 1. The van der Waals surface area contributed by atoms with Crippen molar-refractivity contribution >= 4 is 15.7 Å². The summed E-state index contributed by atoms with van der Waals surface area (Å²) in [5.74, 6) is 0. The monoisotopic (exact) mass is 246 g/mol. The average molecular weight is 246 g/mol. The van der Waals surface area contributed by atoms with Crippen LogP contribution in [0.2, 0.25) is 0 Å². The molecule has 0 aliphatic carbocycles. The van der Waals surface area contributed by atoms with E-state index in [1.807, 2.05) is 13.0 Å². The Balaban J connectivity index is 2.32. The summed E-state index contributed by atoms with van der Waals surface area (Å²) < 4.78 is 26.6. The van der Waals surface area contributed by atoms with Crippen molar-refractivity contribution in [3.05, 3.63) is 60.2 Å². The van der Waals surface area contributed by atoms with E-state index in [0.29, 0.717) is 5.69 Å². The largest absolute Gasteiger partial charge is 0.280 e. The average Bonchev–Trinajstić information content (AvgIpc) is 2.30. The molecule has 0 spiro atoms. The molecule has 0 amide bonds. The Bertz CT molecular complexity index is 606. The second-order valence-corrected chi connectivity index (χ2v) is 5.36. The zero-order valence-corrected chi connectivity index (χ0v) is 10.2. The summed E-state index contributed by atoms with van der Waals surface area (Å²) in [6.07, 6.45) is 0. The minimum absolute atomic E-state index is 0.248. The topological polar surface area (TPSA) is 46.2 Å². The van der Waals surface area contributed by atoms with E-state index in [4.69, 9.17) is 0 Å². The molecule has 1 radical (unpaired) electrons. The minimum Gasteiger partial charge on any atom is -0.280 e. The number of hydrogen-bond acceptors (Lipinski definition) is 2. The van der Waals surface area contributed by atoms with Crippen LogP contribution in [-0.2, 0) is 10.0 Å². The fourth-order valence-corrected chi connectivity index (χ4v) is 2.59. The van der Waals surface area contributed by atoms with Crippen LogP contribution in [0.25, 0.3) is 0 Å². The number of aryl methyl sites for hydroxylation is 1. The highest BCUT2D eigenvalue weighted by atomic mass is 32.2. The van der Waals surface area contributed by atoms with Crippen LogP contribution in [0, 0.1) is 13.0 Å². The molecule has 0 unspecified atom stereocenters. The Morgan fingerprint density at radius 3 is 2.47 bits per heavy atom. The Labute approximate surface area is 101 Å². The van der Waals surface area contributed by atoms with Gasteiger partial charge in [-0.1, -0.05) is 24.3 Å². The molecular formula is C13H12NO2S. The van der Waals surface area contributed by atoms with Gasteiger partial charge in [0.05, 0.1) is 4.90 Å². The molecule has 0 aliphatic heterocycles. The highest BCUT2D eigenvalue weighted by Gasteiger charge is 2.13. The van der Waals surface area contributed by atoms with Gasteiger partial charge in [-0.3, -0.25) is 4.72 Å². The van der Waals surface area contributed by atoms with E-state index in [-0.39, 0.29) is 4.90 Å². The first kappa shape index (κ1) is 11.7. The first-order chi connectivity index (χ1) is 8.08. The van der Waals surface area contributed by atoms with E-state index in [2.05, 4.69) is 10.8 Å². The van der Waals surface area contributed by atoms with Crippen molar-refractivity contribution in [2.75, 3.05) is 4.72 Å². The SMILES string of the molecule is Cc1[c]ccc(S(=O)(=O)Nc2ccccc2)c1. The third kappa shape index (κ3) is 2.85. The molecule has 3 nitrogen and oxygen atoms in total. The second kappa shape index (κ2) is 4.59. The van der Waals surface area contributed by atoms with Crippen molar-refractivity contribution in [2.24, 2.45) is 0 Å². The fourth-order valence-electron chi connectivity index (χ4n) is 1.45. The zero-order chi connectivity index (χ0) is 12.3. The molecule has 2 aromatic carbocycles. The third-order valence-electron chi connectivity index (χ3n) is 2.25. The van der Waals surface area contributed by atoms with Crippen molar-refractivity contribution < 1.29 is 8.42 Å². The normalized spacial score (nSPS) is 11.1. The van der Waals surface area contributed by atoms with Gasteiger partial charge in [0.1, 0.15) is 0 Å². The summed E-state index contributed by atoms with van der Waals surface area (Å²) in [5.41, 5.74) is 1.35. The third-order valence-corrected chi connectivity index (χ3v) is 3.63. The van der Waals surface area contributed by atoms with Gasteiger partial charge in [-0.25, -0.2) is 8.42 Å². The predicted molar refractivity (Wildman–Crippen MR) is 67.3 cm³/mol. The maximum Gasteiger partial charge on any atom is 0.261 e. The van der Waals surface area contributed by atoms with Gasteiger partial charge in [-0.15, -0.1) is 0 Å². The molecule has 0 heterocycles. The lowest BCUT2D eigenvalue weighted by Gasteiger charge is -2.08. The second-order valence-electron chi connectivity index (χ2n) is 3.68. The molecule has 0 saturated carbocycles. The zero-order valence-electron chi connectivity index (χ0n) is 9.34. The van der Waals surface area contributed by atoms with Gasteiger partial charge in [-0.05, 0) is 42.8 Å². The summed E-state index contributed by atoms with van der Waals surface area (Å²) in [4.78, 5) is 0.248. The van der Waals surface area contributed by atoms with Gasteiger partial charge >= 0.3 is 0 Å². The molecule has 0 aromatic heterocycles. The Morgan fingerprint density at radius 1 is 1.12 bits per heavy atom. The number of hydrogen-bond donors (Lipinski definition) is 1. The Hall–Kier alpha value is -1.81. The lowest BCUT2D eigenvalue weighted by Crippen LogP contribution is -2.12. The summed E-state index contributed by atoms with van der Waals surface area (Å²) in [6, 6.07) is 16.4. The molecule has 2 rings (SSSR count). The van der Waals surface area contributed by atoms with Gasteiger partial charge in [0.25, 0.3) is 10.0 Å². The van der Waals surface area contributed by atoms with E-state index in [1.54, 1.807) is 36.4 Å². The van der Waals surface area contributed by atoms with E-state index in [1.165, 1.54) is 6.07 Å². The summed E-state index contributed by atoms with van der Waals surface area (Å²) in [5, 5.41) is 0. The molecule has 4 heteroatoms. The fraction of sp³-hybridized carbons (Fsp3) is 0.0769. The van der Waals surface area contributed by atoms with Crippen LogP contribution < -0.4 is 4.72 Å². The van der Waals surface area contributed by atoms with Crippen molar-refractivity contribution in [1.29, 1.82) is 0 Å². The molecule has 0 aliphatic rings. The lowest BCUT2D eigenvalue weighted by molar-refractivity contribution is 0.601. The molecule has 87 valence electrons. The summed E-state index contributed by atoms with van der Waals surface area (Å²) in [6.45, 7) is 1.81. The highest BCUT2D eigenvalue weighted by Crippen LogP contribution is 2.16. The van der Waals surface area contributed by atoms with E-state index in [0.717, 1.165) is 5.56 Å². The Kier molecular flexibility index (Phi) is 3.15. The van der Waals surface area contributed by atoms with Gasteiger partial charge in [-0.2, -0.15) is 0 Å². The molecule has 0 atom stereocenters. The van der Waals surface area contributed by atoms with Crippen LogP contribution in [0.3, 0.4) is 0 Å². The number of sulfonamides is 1. The number of para-hydroxylation sites is 1. The van der Waals surface area contributed by atoms with Crippen molar-refractivity contribution in [2.45, 2.75) is 11.8 Å². The van der Waals surface area contributed by atoms with Gasteiger partial charge < -0.3 is 0 Å². The van der Waals surface area contributed by atoms with Crippen molar-refractivity contribution in [3.8, 4) is 0 Å². The molecular weight excluding hydrogens is 234 g/mol. The van der Waals surface area contributed by atoms with Crippen LogP contribution >= 0.6 is 0 Å². The molecule has 2 aromatic rings. The van der Waals surface area contributed by atoms with Crippen LogP contribution in [0.5, 0.6) is 0 Å². The molecule has 17 heavy (non-hydrogen) atoms. The summed E-state index contributed by atoms with van der Waals surface area (Å²) >= 11 is 0. The number of nitrogens with one attached hydrogen (secondary N) is 1. The van der Waals surface area contributed by atoms with Crippen molar-refractivity contribution in [1.82, 2.24) is 0 Å². The van der Waals surface area contributed by atoms with E-state index >= 15 is 0 Å². The quantitative estimate of drug-likeness (QED) is 0.904. The van der Waals surface area contributed by atoms with Crippen LogP contribution in [0.4, 0.5) is 5.69 Å². The maximum absolute atomic E-state index is 12.0. The van der Waals surface area contributed by atoms with Gasteiger partial charge in [0.2, 0.25) is 0 Å². The van der Waals surface area contributed by atoms with E-state index < -0.39 is 10.0 Å².